The highest BCUT2D eigenvalue weighted by Crippen LogP contribution is 2.34. The van der Waals surface area contributed by atoms with E-state index in [0.29, 0.717) is 0 Å². The van der Waals surface area contributed by atoms with Gasteiger partial charge in [-0.15, -0.1) is 0 Å². The van der Waals surface area contributed by atoms with Crippen molar-refractivity contribution in [3.8, 4) is 0 Å². The molecule has 162 valence electrons. The second-order valence-corrected chi connectivity index (χ2v) is 8.18. The van der Waals surface area contributed by atoms with Gasteiger partial charge in [-0.05, 0) is 55.5 Å². The lowest BCUT2D eigenvalue weighted by atomic mass is 9.87. The monoisotopic (exact) mass is 427 g/mol. The average molecular weight is 427 g/mol. The maximum Gasteiger partial charge on any atom is 0.325 e. The number of benzene rings is 2. The van der Waals surface area contributed by atoms with Crippen LogP contribution in [-0.2, 0) is 21.5 Å². The fraction of sp³-hybridized carbons (Fsp3) is 0.348. The standard InChI is InChI=1S/C23H23F2N3O3/c1-23(17-12-15(24)10-11-18(17)25)21(30)28(22(31)26-23)13-20(29)27(2)19-9-5-7-14-6-3-4-8-16(14)19/h3-4,6,8,10-12,19H,5,7,9,13H2,1-2H3,(H,26,31). The molecule has 1 fully saturated rings. The third-order valence-corrected chi connectivity index (χ3v) is 6.23. The number of carbonyl (C=O) groups is 3. The van der Waals surface area contributed by atoms with Crippen LogP contribution in [0, 0.1) is 11.6 Å². The third-order valence-electron chi connectivity index (χ3n) is 6.23. The van der Waals surface area contributed by atoms with Crippen LogP contribution >= 0.6 is 0 Å². The maximum atomic E-state index is 14.3. The van der Waals surface area contributed by atoms with Crippen molar-refractivity contribution in [2.45, 2.75) is 37.8 Å². The van der Waals surface area contributed by atoms with Gasteiger partial charge in [-0.2, -0.15) is 0 Å². The number of hydrogen-bond donors (Lipinski definition) is 1. The first kappa shape index (κ1) is 21.0. The molecule has 2 atom stereocenters. The smallest absolute Gasteiger partial charge is 0.325 e. The summed E-state index contributed by atoms with van der Waals surface area (Å²) < 4.78 is 28.0. The van der Waals surface area contributed by atoms with Gasteiger partial charge in [0.1, 0.15) is 23.7 Å². The summed E-state index contributed by atoms with van der Waals surface area (Å²) in [5, 5.41) is 2.41. The zero-order valence-corrected chi connectivity index (χ0v) is 17.3. The van der Waals surface area contributed by atoms with Crippen LogP contribution in [0.3, 0.4) is 0 Å². The zero-order valence-electron chi connectivity index (χ0n) is 17.3. The number of amides is 4. The minimum atomic E-state index is -1.79. The van der Waals surface area contributed by atoms with Crippen LogP contribution in [0.15, 0.2) is 42.5 Å². The van der Waals surface area contributed by atoms with Crippen molar-refractivity contribution in [2.24, 2.45) is 0 Å². The number of aryl methyl sites for hydroxylation is 1. The van der Waals surface area contributed by atoms with Gasteiger partial charge in [-0.1, -0.05) is 24.3 Å². The highest BCUT2D eigenvalue weighted by atomic mass is 19.1. The molecule has 8 heteroatoms. The minimum Gasteiger partial charge on any atom is -0.337 e. The molecule has 4 amide bonds. The van der Waals surface area contributed by atoms with Crippen LogP contribution in [0.1, 0.15) is 42.5 Å². The molecule has 2 aromatic rings. The second kappa shape index (κ2) is 7.76. The Morgan fingerprint density at radius 1 is 1.23 bits per heavy atom. The molecule has 1 saturated heterocycles. The van der Waals surface area contributed by atoms with Crippen LogP contribution in [0.5, 0.6) is 0 Å². The Hall–Kier alpha value is -3.29. The molecule has 1 heterocycles. The van der Waals surface area contributed by atoms with Crippen molar-refractivity contribution in [2.75, 3.05) is 13.6 Å². The number of halogens is 2. The summed E-state index contributed by atoms with van der Waals surface area (Å²) in [7, 11) is 1.65. The van der Waals surface area contributed by atoms with Crippen molar-refractivity contribution < 1.29 is 23.2 Å². The molecule has 2 aromatic carbocycles. The van der Waals surface area contributed by atoms with Crippen LogP contribution < -0.4 is 5.32 Å². The molecule has 0 saturated carbocycles. The normalized spacial score (nSPS) is 22.8. The Labute approximate surface area is 178 Å². The predicted molar refractivity (Wildman–Crippen MR) is 109 cm³/mol. The second-order valence-electron chi connectivity index (χ2n) is 8.18. The van der Waals surface area contributed by atoms with E-state index in [9.17, 15) is 23.2 Å². The van der Waals surface area contributed by atoms with Gasteiger partial charge in [0.05, 0.1) is 6.04 Å². The summed E-state index contributed by atoms with van der Waals surface area (Å²) in [4.78, 5) is 40.8. The Balaban J connectivity index is 1.55. The lowest BCUT2D eigenvalue weighted by Gasteiger charge is -2.34. The lowest BCUT2D eigenvalue weighted by molar-refractivity contribution is -0.139. The van der Waals surface area contributed by atoms with Gasteiger partial charge in [0, 0.05) is 12.6 Å². The van der Waals surface area contributed by atoms with E-state index in [2.05, 4.69) is 5.32 Å². The Bertz CT molecular complexity index is 1070. The number of nitrogens with zero attached hydrogens (tertiary/aromatic N) is 2. The van der Waals surface area contributed by atoms with Gasteiger partial charge < -0.3 is 10.2 Å². The molecular weight excluding hydrogens is 404 g/mol. The maximum absolute atomic E-state index is 14.3. The largest absolute Gasteiger partial charge is 0.337 e. The van der Waals surface area contributed by atoms with E-state index in [-0.39, 0.29) is 11.6 Å². The van der Waals surface area contributed by atoms with Gasteiger partial charge in [0.25, 0.3) is 5.91 Å². The Morgan fingerprint density at radius 3 is 2.74 bits per heavy atom. The molecule has 1 aliphatic heterocycles. The van der Waals surface area contributed by atoms with Gasteiger partial charge in [0.15, 0.2) is 0 Å². The van der Waals surface area contributed by atoms with Crippen molar-refractivity contribution in [3.05, 3.63) is 70.8 Å². The average Bonchev–Trinajstić information content (AvgIpc) is 2.98. The Morgan fingerprint density at radius 2 is 1.97 bits per heavy atom. The van der Waals surface area contributed by atoms with Crippen LogP contribution in [-0.4, -0.2) is 41.2 Å². The molecule has 0 spiro atoms. The van der Waals surface area contributed by atoms with E-state index < -0.39 is 41.6 Å². The van der Waals surface area contributed by atoms with E-state index in [1.54, 1.807) is 11.9 Å². The molecule has 0 bridgehead atoms. The molecule has 0 radical (unpaired) electrons. The number of urea groups is 1. The number of likely N-dealkylation sites (N-methyl/N-ethyl adjacent to an activating group) is 1. The van der Waals surface area contributed by atoms with Gasteiger partial charge >= 0.3 is 6.03 Å². The van der Waals surface area contributed by atoms with E-state index in [0.717, 1.165) is 47.9 Å². The first-order valence-electron chi connectivity index (χ1n) is 10.2. The number of rotatable bonds is 4. The Kier molecular flexibility index (Phi) is 5.24. The first-order valence-corrected chi connectivity index (χ1v) is 10.2. The van der Waals surface area contributed by atoms with Crippen molar-refractivity contribution in [1.82, 2.24) is 15.1 Å². The molecule has 1 N–H and O–H groups in total. The molecule has 31 heavy (non-hydrogen) atoms. The van der Waals surface area contributed by atoms with E-state index >= 15 is 0 Å². The zero-order chi connectivity index (χ0) is 22.3. The van der Waals surface area contributed by atoms with Crippen molar-refractivity contribution >= 4 is 17.8 Å². The van der Waals surface area contributed by atoms with E-state index in [1.807, 2.05) is 24.3 Å². The van der Waals surface area contributed by atoms with Gasteiger partial charge in [0.2, 0.25) is 5.91 Å². The summed E-state index contributed by atoms with van der Waals surface area (Å²) >= 11 is 0. The van der Waals surface area contributed by atoms with Gasteiger partial charge in [-0.25, -0.2) is 13.6 Å². The molecular formula is C23H23F2N3O3. The molecule has 4 rings (SSSR count). The number of hydrogen-bond acceptors (Lipinski definition) is 3. The molecule has 1 aliphatic carbocycles. The molecule has 2 unspecified atom stereocenters. The predicted octanol–water partition coefficient (Wildman–Crippen LogP) is 3.27. The first-order chi connectivity index (χ1) is 14.7. The number of carbonyl (C=O) groups excluding carboxylic acids is 3. The summed E-state index contributed by atoms with van der Waals surface area (Å²) in [6.07, 6.45) is 2.66. The summed E-state index contributed by atoms with van der Waals surface area (Å²) in [5.74, 6) is -2.76. The van der Waals surface area contributed by atoms with Crippen molar-refractivity contribution in [3.63, 3.8) is 0 Å². The fourth-order valence-electron chi connectivity index (χ4n) is 4.45. The number of nitrogens with one attached hydrogen (secondary N) is 1. The number of fused-ring (bicyclic) bond motifs is 1. The highest BCUT2D eigenvalue weighted by Gasteiger charge is 2.51. The van der Waals surface area contributed by atoms with Crippen LogP contribution in [0.25, 0.3) is 0 Å². The molecule has 0 aromatic heterocycles. The quantitative estimate of drug-likeness (QED) is 0.762. The fourth-order valence-corrected chi connectivity index (χ4v) is 4.45. The van der Waals surface area contributed by atoms with Crippen LogP contribution in [0.4, 0.5) is 13.6 Å². The topological polar surface area (TPSA) is 69.7 Å². The summed E-state index contributed by atoms with van der Waals surface area (Å²) in [5.41, 5.74) is 0.172. The minimum absolute atomic E-state index is 0.148. The van der Waals surface area contributed by atoms with E-state index in [4.69, 9.17) is 0 Å². The molecule has 2 aliphatic rings. The van der Waals surface area contributed by atoms with Crippen LogP contribution in [0.2, 0.25) is 0 Å². The highest BCUT2D eigenvalue weighted by molar-refractivity contribution is 6.09. The summed E-state index contributed by atoms with van der Waals surface area (Å²) in [6, 6.07) is 9.65. The summed E-state index contributed by atoms with van der Waals surface area (Å²) in [6.45, 7) is 0.822. The SMILES string of the molecule is CN(C(=O)CN1C(=O)NC(C)(c2cc(F)ccc2F)C1=O)C1CCCc2ccccc21. The van der Waals surface area contributed by atoms with Gasteiger partial charge in [-0.3, -0.25) is 14.5 Å². The van der Waals surface area contributed by atoms with Crippen molar-refractivity contribution in [1.29, 1.82) is 0 Å². The van der Waals surface area contributed by atoms with E-state index in [1.165, 1.54) is 12.5 Å². The molecule has 6 nitrogen and oxygen atoms in total. The lowest BCUT2D eigenvalue weighted by Crippen LogP contribution is -2.45. The number of imide groups is 1. The third kappa shape index (κ3) is 3.56.